The van der Waals surface area contributed by atoms with Crippen molar-refractivity contribution in [1.82, 2.24) is 4.90 Å². The molecule has 0 heterocycles. The number of aliphatic hydroxyl groups excluding tert-OH is 1. The van der Waals surface area contributed by atoms with Gasteiger partial charge in [0.15, 0.2) is 0 Å². The van der Waals surface area contributed by atoms with Gasteiger partial charge in [-0.15, -0.1) is 0 Å². The second-order valence-corrected chi connectivity index (χ2v) is 5.89. The summed E-state index contributed by atoms with van der Waals surface area (Å²) >= 11 is 0. The van der Waals surface area contributed by atoms with E-state index in [1.165, 1.54) is 6.92 Å². The van der Waals surface area contributed by atoms with E-state index in [1.54, 1.807) is 6.29 Å². The summed E-state index contributed by atoms with van der Waals surface area (Å²) in [7, 11) is 0. The minimum Gasteiger partial charge on any atom is -0.391 e. The van der Waals surface area contributed by atoms with E-state index in [1.807, 2.05) is 0 Å². The quantitative estimate of drug-likeness (QED) is 0.318. The molecule has 2 amide bonds. The van der Waals surface area contributed by atoms with Crippen molar-refractivity contribution in [3.8, 4) is 0 Å². The van der Waals surface area contributed by atoms with Gasteiger partial charge in [0.1, 0.15) is 12.1 Å². The summed E-state index contributed by atoms with van der Waals surface area (Å²) in [5, 5.41) is 9.52. The van der Waals surface area contributed by atoms with Crippen LogP contribution in [0.4, 0.5) is 0 Å². The van der Waals surface area contributed by atoms with E-state index in [0.29, 0.717) is 32.4 Å². The Balaban J connectivity index is 5.07. The summed E-state index contributed by atoms with van der Waals surface area (Å²) in [6.45, 7) is 2.35. The largest absolute Gasteiger partial charge is 0.391 e. The van der Waals surface area contributed by atoms with Crippen LogP contribution in [0.3, 0.4) is 0 Å². The van der Waals surface area contributed by atoms with Gasteiger partial charge in [-0.1, -0.05) is 6.42 Å². The van der Waals surface area contributed by atoms with Crippen molar-refractivity contribution in [2.45, 2.75) is 70.1 Å². The number of carbonyl (C=O) groups excluding carboxylic acids is 3. The lowest BCUT2D eigenvalue weighted by Crippen LogP contribution is -2.55. The predicted molar refractivity (Wildman–Crippen MR) is 91.4 cm³/mol. The van der Waals surface area contributed by atoms with Crippen molar-refractivity contribution in [3.63, 3.8) is 0 Å². The van der Waals surface area contributed by atoms with Crippen molar-refractivity contribution >= 4 is 18.1 Å². The molecule has 0 saturated heterocycles. The third-order valence-electron chi connectivity index (χ3n) is 3.79. The average molecular weight is 343 g/mol. The number of hydrogen-bond acceptors (Lipinski definition) is 7. The fraction of sp³-hybridized carbons (Fsp3) is 0.812. The first-order valence-electron chi connectivity index (χ1n) is 8.48. The molecule has 0 unspecified atom stereocenters. The molecule has 0 bridgehead atoms. The Morgan fingerprint density at radius 3 is 2.17 bits per heavy atom. The highest BCUT2D eigenvalue weighted by Gasteiger charge is 2.34. The van der Waals surface area contributed by atoms with E-state index in [-0.39, 0.29) is 12.8 Å². The Bertz CT molecular complexity index is 390. The molecule has 1 radical (unpaired) electrons. The van der Waals surface area contributed by atoms with Crippen LogP contribution in [-0.2, 0) is 14.4 Å². The van der Waals surface area contributed by atoms with Crippen LogP contribution in [0.15, 0.2) is 0 Å². The van der Waals surface area contributed by atoms with Gasteiger partial charge in [-0.3, -0.25) is 19.3 Å². The second kappa shape index (κ2) is 13.0. The lowest BCUT2D eigenvalue weighted by molar-refractivity contribution is -0.148. The Morgan fingerprint density at radius 2 is 1.67 bits per heavy atom. The van der Waals surface area contributed by atoms with Crippen molar-refractivity contribution in [3.05, 3.63) is 0 Å². The topological polar surface area (TPSA) is 153 Å². The zero-order chi connectivity index (χ0) is 18.5. The SMILES string of the molecule is C[C@@H](O)[C@H](N)C(=O)N(C(=O)CCCCCN)[C@H]([C]=O)CCCCN. The Morgan fingerprint density at radius 1 is 1.08 bits per heavy atom. The Kier molecular flexibility index (Phi) is 12.3. The molecule has 0 aliphatic rings. The molecule has 0 aliphatic heterocycles. The number of hydrogen-bond donors (Lipinski definition) is 4. The first kappa shape index (κ1) is 22.6. The van der Waals surface area contributed by atoms with Gasteiger partial charge in [-0.2, -0.15) is 0 Å². The number of rotatable bonds is 13. The maximum Gasteiger partial charge on any atom is 0.249 e. The van der Waals surface area contributed by atoms with Crippen LogP contribution in [0.2, 0.25) is 0 Å². The Labute approximate surface area is 143 Å². The monoisotopic (exact) mass is 343 g/mol. The van der Waals surface area contributed by atoms with Crippen LogP contribution in [0, 0.1) is 0 Å². The van der Waals surface area contributed by atoms with E-state index < -0.39 is 30.0 Å². The van der Waals surface area contributed by atoms with Gasteiger partial charge in [-0.25, -0.2) is 0 Å². The molecule has 0 rings (SSSR count). The van der Waals surface area contributed by atoms with Gasteiger partial charge < -0.3 is 22.3 Å². The summed E-state index contributed by atoms with van der Waals surface area (Å²) < 4.78 is 0. The second-order valence-electron chi connectivity index (χ2n) is 5.89. The van der Waals surface area contributed by atoms with Crippen LogP contribution in [-0.4, -0.2) is 59.4 Å². The minimum atomic E-state index is -1.26. The van der Waals surface area contributed by atoms with Crippen LogP contribution in [0.5, 0.6) is 0 Å². The van der Waals surface area contributed by atoms with Crippen LogP contribution >= 0.6 is 0 Å². The molecule has 0 saturated carbocycles. The molecular formula is C16H31N4O4. The Hall–Kier alpha value is -1.35. The van der Waals surface area contributed by atoms with Crippen molar-refractivity contribution in [2.24, 2.45) is 17.2 Å². The van der Waals surface area contributed by atoms with Crippen molar-refractivity contribution in [2.75, 3.05) is 13.1 Å². The number of aliphatic hydroxyl groups is 1. The number of amides is 2. The third kappa shape index (κ3) is 7.96. The fourth-order valence-electron chi connectivity index (χ4n) is 2.26. The number of nitrogens with two attached hydrogens (primary N) is 3. The third-order valence-corrected chi connectivity index (χ3v) is 3.79. The van der Waals surface area contributed by atoms with Gasteiger partial charge in [0.05, 0.1) is 6.10 Å². The highest BCUT2D eigenvalue weighted by atomic mass is 16.3. The van der Waals surface area contributed by atoms with Gasteiger partial charge in [0.25, 0.3) is 0 Å². The van der Waals surface area contributed by atoms with E-state index in [4.69, 9.17) is 17.2 Å². The van der Waals surface area contributed by atoms with Crippen LogP contribution in [0.1, 0.15) is 51.9 Å². The lowest BCUT2D eigenvalue weighted by atomic mass is 10.0. The predicted octanol–water partition coefficient (Wildman–Crippen LogP) is -0.824. The molecule has 0 aromatic heterocycles. The number of nitrogens with zero attached hydrogens (tertiary/aromatic N) is 1. The molecule has 7 N–H and O–H groups in total. The molecular weight excluding hydrogens is 312 g/mol. The molecule has 0 aromatic rings. The van der Waals surface area contributed by atoms with Gasteiger partial charge in [-0.05, 0) is 52.1 Å². The van der Waals surface area contributed by atoms with E-state index in [2.05, 4.69) is 0 Å². The molecule has 0 spiro atoms. The zero-order valence-electron chi connectivity index (χ0n) is 14.4. The lowest BCUT2D eigenvalue weighted by Gasteiger charge is -2.29. The maximum atomic E-state index is 12.4. The number of carbonyl (C=O) groups is 2. The van der Waals surface area contributed by atoms with Gasteiger partial charge in [0.2, 0.25) is 18.1 Å². The van der Waals surface area contributed by atoms with Crippen molar-refractivity contribution < 1.29 is 19.5 Å². The first-order chi connectivity index (χ1) is 11.4. The molecule has 3 atom stereocenters. The van der Waals surface area contributed by atoms with E-state index >= 15 is 0 Å². The molecule has 0 aromatic carbocycles. The summed E-state index contributed by atoms with van der Waals surface area (Å²) in [6, 6.07) is -2.26. The molecule has 8 nitrogen and oxygen atoms in total. The minimum absolute atomic E-state index is 0.118. The summed E-state index contributed by atoms with van der Waals surface area (Å²) in [5.41, 5.74) is 16.5. The number of unbranched alkanes of at least 4 members (excludes halogenated alkanes) is 3. The normalized spacial score (nSPS) is 14.7. The van der Waals surface area contributed by atoms with Crippen molar-refractivity contribution in [1.29, 1.82) is 0 Å². The summed E-state index contributed by atoms with van der Waals surface area (Å²) in [6.07, 6.45) is 4.41. The van der Waals surface area contributed by atoms with E-state index in [0.717, 1.165) is 17.7 Å². The summed E-state index contributed by atoms with van der Waals surface area (Å²) in [4.78, 5) is 37.0. The molecule has 8 heteroatoms. The molecule has 0 aliphatic carbocycles. The summed E-state index contributed by atoms with van der Waals surface area (Å²) in [5.74, 6) is -1.23. The number of imide groups is 1. The van der Waals surface area contributed by atoms with Gasteiger partial charge in [0, 0.05) is 6.42 Å². The van der Waals surface area contributed by atoms with Crippen LogP contribution in [0.25, 0.3) is 0 Å². The molecule has 139 valence electrons. The maximum absolute atomic E-state index is 12.4. The highest BCUT2D eigenvalue weighted by Crippen LogP contribution is 2.13. The fourth-order valence-corrected chi connectivity index (χ4v) is 2.26. The first-order valence-corrected chi connectivity index (χ1v) is 8.48. The average Bonchev–Trinajstić information content (AvgIpc) is 2.56. The molecule has 24 heavy (non-hydrogen) atoms. The molecule has 0 fully saturated rings. The zero-order valence-corrected chi connectivity index (χ0v) is 14.4. The standard InChI is InChI=1S/C16H31N4O4/c1-12(22)15(19)16(24)20(13(11-21)7-4-6-10-18)14(23)8-3-2-5-9-17/h12-13,15,22H,2-10,17-19H2,1H3/t12-,13+,15+/m1/s1. The van der Waals surface area contributed by atoms with E-state index in [9.17, 15) is 19.5 Å². The highest BCUT2D eigenvalue weighted by molar-refractivity contribution is 6.00. The van der Waals surface area contributed by atoms with Gasteiger partial charge >= 0.3 is 0 Å². The van der Waals surface area contributed by atoms with Crippen LogP contribution < -0.4 is 17.2 Å². The smallest absolute Gasteiger partial charge is 0.249 e.